The number of hydrazine groups is 1. The molecule has 1 aromatic rings. The number of carbonyl (C=O) groups is 1. The molecule has 0 aromatic heterocycles. The quantitative estimate of drug-likeness (QED) is 0.439. The Morgan fingerprint density at radius 1 is 1.39 bits per heavy atom. The van der Waals surface area contributed by atoms with Gasteiger partial charge >= 0.3 is 0 Å². The van der Waals surface area contributed by atoms with Crippen LogP contribution < -0.4 is 16.2 Å². The molecule has 0 atom stereocenters. The van der Waals surface area contributed by atoms with E-state index < -0.39 is 0 Å². The van der Waals surface area contributed by atoms with Crippen LogP contribution in [-0.2, 0) is 4.74 Å². The van der Waals surface area contributed by atoms with E-state index in [9.17, 15) is 4.79 Å². The Hall–Kier alpha value is -1.18. The van der Waals surface area contributed by atoms with Crippen LogP contribution in [0.4, 0.5) is 0 Å². The monoisotopic (exact) mass is 331 g/mol. The number of thiocarbonyl (C=S) groups is 1. The number of rotatable bonds is 4. The van der Waals surface area contributed by atoms with E-state index in [4.69, 9.17) is 17.0 Å². The largest absolute Gasteiger partial charge is 0.383 e. The molecule has 0 fully saturated rings. The molecule has 1 amide bonds. The van der Waals surface area contributed by atoms with Crippen molar-refractivity contribution < 1.29 is 9.53 Å². The van der Waals surface area contributed by atoms with Crippen LogP contribution in [0.1, 0.15) is 10.4 Å². The highest BCUT2D eigenvalue weighted by Crippen LogP contribution is 2.14. The van der Waals surface area contributed by atoms with Crippen molar-refractivity contribution in [3.63, 3.8) is 0 Å². The van der Waals surface area contributed by atoms with E-state index in [1.165, 1.54) is 0 Å². The summed E-state index contributed by atoms with van der Waals surface area (Å²) in [6, 6.07) is 7.13. The molecule has 1 rings (SSSR count). The van der Waals surface area contributed by atoms with Crippen LogP contribution in [0.25, 0.3) is 0 Å². The van der Waals surface area contributed by atoms with Gasteiger partial charge in [0.1, 0.15) is 0 Å². The molecule has 0 aliphatic carbocycles. The summed E-state index contributed by atoms with van der Waals surface area (Å²) in [5.41, 5.74) is 5.65. The third kappa shape index (κ3) is 4.99. The summed E-state index contributed by atoms with van der Waals surface area (Å²) in [6.45, 7) is 1.12. The van der Waals surface area contributed by atoms with E-state index in [-0.39, 0.29) is 5.91 Å². The molecule has 5 nitrogen and oxygen atoms in total. The van der Waals surface area contributed by atoms with Crippen LogP contribution in [0, 0.1) is 0 Å². The summed E-state index contributed by atoms with van der Waals surface area (Å²) in [6.07, 6.45) is 0. The Morgan fingerprint density at radius 2 is 2.11 bits per heavy atom. The maximum Gasteiger partial charge on any atom is 0.270 e. The summed E-state index contributed by atoms with van der Waals surface area (Å²) in [4.78, 5) is 11.8. The summed E-state index contributed by atoms with van der Waals surface area (Å²) in [7, 11) is 1.60. The second-order valence-corrected chi connectivity index (χ2v) is 4.57. The van der Waals surface area contributed by atoms with Crippen LogP contribution in [0.3, 0.4) is 0 Å². The van der Waals surface area contributed by atoms with Crippen LogP contribution >= 0.6 is 28.1 Å². The number of hydrogen-bond donors (Lipinski definition) is 3. The van der Waals surface area contributed by atoms with E-state index in [1.807, 2.05) is 6.07 Å². The molecule has 0 saturated carbocycles. The van der Waals surface area contributed by atoms with Crippen molar-refractivity contribution >= 4 is 39.2 Å². The van der Waals surface area contributed by atoms with E-state index >= 15 is 0 Å². The zero-order chi connectivity index (χ0) is 13.4. The van der Waals surface area contributed by atoms with Gasteiger partial charge in [-0.3, -0.25) is 15.6 Å². The van der Waals surface area contributed by atoms with Crippen LogP contribution in [0.5, 0.6) is 0 Å². The first kappa shape index (κ1) is 14.9. The number of amides is 1. The molecule has 0 unspecified atom stereocenters. The van der Waals surface area contributed by atoms with Gasteiger partial charge in [-0.05, 0) is 40.3 Å². The van der Waals surface area contributed by atoms with Gasteiger partial charge < -0.3 is 10.1 Å². The molecule has 18 heavy (non-hydrogen) atoms. The molecule has 98 valence electrons. The lowest BCUT2D eigenvalue weighted by Gasteiger charge is -2.11. The predicted molar refractivity (Wildman–Crippen MR) is 77.2 cm³/mol. The topological polar surface area (TPSA) is 62.4 Å². The summed E-state index contributed by atoms with van der Waals surface area (Å²) in [5, 5.41) is 3.21. The Labute approximate surface area is 119 Å². The molecule has 0 spiro atoms. The van der Waals surface area contributed by atoms with Crippen molar-refractivity contribution in [2.45, 2.75) is 0 Å². The zero-order valence-corrected chi connectivity index (χ0v) is 12.2. The van der Waals surface area contributed by atoms with Gasteiger partial charge in [-0.1, -0.05) is 12.1 Å². The first-order valence-corrected chi connectivity index (χ1v) is 6.43. The highest BCUT2D eigenvalue weighted by molar-refractivity contribution is 9.10. The SMILES string of the molecule is COCCNC(=S)NNC(=O)c1ccccc1Br. The Balaban J connectivity index is 2.38. The third-order valence-corrected chi connectivity index (χ3v) is 2.94. The average Bonchev–Trinajstić information content (AvgIpc) is 2.37. The lowest BCUT2D eigenvalue weighted by molar-refractivity contribution is 0.0943. The van der Waals surface area contributed by atoms with Gasteiger partial charge in [0, 0.05) is 18.1 Å². The molecule has 0 heterocycles. The normalized spacial score (nSPS) is 9.67. The highest BCUT2D eigenvalue weighted by atomic mass is 79.9. The van der Waals surface area contributed by atoms with Crippen molar-refractivity contribution in [2.24, 2.45) is 0 Å². The number of nitrogens with one attached hydrogen (secondary N) is 3. The minimum atomic E-state index is -0.265. The maximum atomic E-state index is 11.8. The Morgan fingerprint density at radius 3 is 2.78 bits per heavy atom. The molecule has 0 aliphatic heterocycles. The molecule has 0 radical (unpaired) electrons. The second-order valence-electron chi connectivity index (χ2n) is 3.31. The lowest BCUT2D eigenvalue weighted by atomic mass is 10.2. The fraction of sp³-hybridized carbons (Fsp3) is 0.273. The molecule has 3 N–H and O–H groups in total. The van der Waals surface area contributed by atoms with Crippen LogP contribution in [0.2, 0.25) is 0 Å². The molecule has 1 aromatic carbocycles. The molecule has 0 saturated heterocycles. The summed E-state index contributed by atoms with van der Waals surface area (Å²) >= 11 is 8.27. The van der Waals surface area contributed by atoms with Crippen molar-refractivity contribution in [3.8, 4) is 0 Å². The van der Waals surface area contributed by atoms with Crippen molar-refractivity contribution in [3.05, 3.63) is 34.3 Å². The molecule has 7 heteroatoms. The van der Waals surface area contributed by atoms with E-state index in [0.29, 0.717) is 23.8 Å². The predicted octanol–water partition coefficient (Wildman–Crippen LogP) is 1.20. The van der Waals surface area contributed by atoms with Gasteiger partial charge in [0.15, 0.2) is 5.11 Å². The summed E-state index contributed by atoms with van der Waals surface area (Å²) in [5.74, 6) is -0.265. The zero-order valence-electron chi connectivity index (χ0n) is 9.83. The van der Waals surface area contributed by atoms with Gasteiger partial charge in [0.2, 0.25) is 0 Å². The van der Waals surface area contributed by atoms with E-state index in [2.05, 4.69) is 32.1 Å². The fourth-order valence-electron chi connectivity index (χ4n) is 1.14. The minimum absolute atomic E-state index is 0.265. The Kier molecular flexibility index (Phi) is 6.63. The average molecular weight is 332 g/mol. The van der Waals surface area contributed by atoms with Gasteiger partial charge in [-0.15, -0.1) is 0 Å². The molecular weight excluding hydrogens is 318 g/mol. The standard InChI is InChI=1S/C11H14BrN3O2S/c1-17-7-6-13-11(18)15-14-10(16)8-4-2-3-5-9(8)12/h2-5H,6-7H2,1H3,(H,14,16)(H2,13,15,18). The molecule has 0 bridgehead atoms. The number of ether oxygens (including phenoxy) is 1. The van der Waals surface area contributed by atoms with Gasteiger partial charge in [0.25, 0.3) is 5.91 Å². The lowest BCUT2D eigenvalue weighted by Crippen LogP contribution is -2.47. The minimum Gasteiger partial charge on any atom is -0.383 e. The highest BCUT2D eigenvalue weighted by Gasteiger charge is 2.08. The first-order chi connectivity index (χ1) is 8.65. The number of halogens is 1. The number of hydrogen-bond acceptors (Lipinski definition) is 3. The van der Waals surface area contributed by atoms with Crippen LogP contribution in [0.15, 0.2) is 28.7 Å². The first-order valence-electron chi connectivity index (χ1n) is 5.23. The van der Waals surface area contributed by atoms with Gasteiger partial charge in [-0.25, -0.2) is 0 Å². The van der Waals surface area contributed by atoms with Gasteiger partial charge in [0.05, 0.1) is 12.2 Å². The van der Waals surface area contributed by atoms with Crippen molar-refractivity contribution in [1.29, 1.82) is 0 Å². The summed E-state index contributed by atoms with van der Waals surface area (Å²) < 4.78 is 5.58. The van der Waals surface area contributed by atoms with E-state index in [1.54, 1.807) is 25.3 Å². The number of methoxy groups -OCH3 is 1. The van der Waals surface area contributed by atoms with Crippen LogP contribution in [-0.4, -0.2) is 31.3 Å². The number of carbonyl (C=O) groups excluding carboxylic acids is 1. The smallest absolute Gasteiger partial charge is 0.270 e. The van der Waals surface area contributed by atoms with E-state index in [0.717, 1.165) is 4.47 Å². The Bertz CT molecular complexity index is 429. The fourth-order valence-corrected chi connectivity index (χ4v) is 1.75. The molecular formula is C11H14BrN3O2S. The van der Waals surface area contributed by atoms with Crippen molar-refractivity contribution in [2.75, 3.05) is 20.3 Å². The third-order valence-electron chi connectivity index (χ3n) is 2.00. The maximum absolute atomic E-state index is 11.8. The second kappa shape index (κ2) is 8.02. The van der Waals surface area contributed by atoms with Crippen molar-refractivity contribution in [1.82, 2.24) is 16.2 Å². The molecule has 0 aliphatic rings. The van der Waals surface area contributed by atoms with Gasteiger partial charge in [-0.2, -0.15) is 0 Å². The number of benzene rings is 1.